The average Bonchev–Trinajstić information content (AvgIpc) is 2.89. The predicted molar refractivity (Wildman–Crippen MR) is 76.0 cm³/mol. The summed E-state index contributed by atoms with van der Waals surface area (Å²) in [6.07, 6.45) is 8.73. The van der Waals surface area contributed by atoms with E-state index in [1.54, 1.807) is 0 Å². The normalized spacial score (nSPS) is 38.4. The van der Waals surface area contributed by atoms with E-state index in [2.05, 4.69) is 25.9 Å². The average molecular weight is 289 g/mol. The molecule has 4 aliphatic rings. The standard InChI is InChI=1S/C15H23N5O/c1-9(14-17-19-20-18-14)16-13(21)8-15-5-10-2-11(6-15)4-12(3-10)7-15/h9-12H,2-8H2,1H3,(H,16,21)(H,17,18,19,20)/t9-,10?,11?,12?,15?/m1/s1. The number of carbonyl (C=O) groups excluding carboxylic acids is 1. The molecule has 4 aliphatic carbocycles. The Labute approximate surface area is 124 Å². The summed E-state index contributed by atoms with van der Waals surface area (Å²) in [5.74, 6) is 3.36. The minimum absolute atomic E-state index is 0.147. The van der Waals surface area contributed by atoms with E-state index in [4.69, 9.17) is 0 Å². The Bertz CT molecular complexity index is 491. The zero-order valence-corrected chi connectivity index (χ0v) is 12.5. The van der Waals surface area contributed by atoms with Crippen molar-refractivity contribution >= 4 is 5.91 Å². The topological polar surface area (TPSA) is 83.6 Å². The number of rotatable bonds is 4. The number of aromatic nitrogens is 4. The molecule has 6 nitrogen and oxygen atoms in total. The third-order valence-corrected chi connectivity index (χ3v) is 5.83. The summed E-state index contributed by atoms with van der Waals surface area (Å²) in [5.41, 5.74) is 0.288. The van der Waals surface area contributed by atoms with Crippen molar-refractivity contribution in [2.75, 3.05) is 0 Å². The van der Waals surface area contributed by atoms with E-state index < -0.39 is 0 Å². The molecule has 0 radical (unpaired) electrons. The maximum absolute atomic E-state index is 12.4. The highest BCUT2D eigenvalue weighted by atomic mass is 16.1. The van der Waals surface area contributed by atoms with Crippen LogP contribution in [0.5, 0.6) is 0 Å². The van der Waals surface area contributed by atoms with Crippen molar-refractivity contribution in [3.8, 4) is 0 Å². The number of nitrogens with one attached hydrogen (secondary N) is 2. The lowest BCUT2D eigenvalue weighted by molar-refractivity contribution is -0.130. The number of nitrogens with zero attached hydrogens (tertiary/aromatic N) is 3. The quantitative estimate of drug-likeness (QED) is 0.887. The van der Waals surface area contributed by atoms with E-state index in [1.165, 1.54) is 38.5 Å². The van der Waals surface area contributed by atoms with Crippen LogP contribution in [-0.4, -0.2) is 26.5 Å². The molecule has 1 aromatic rings. The van der Waals surface area contributed by atoms with Crippen LogP contribution in [0.4, 0.5) is 0 Å². The first-order valence-electron chi connectivity index (χ1n) is 8.15. The van der Waals surface area contributed by atoms with Crippen molar-refractivity contribution in [2.24, 2.45) is 23.2 Å². The number of carbonyl (C=O) groups is 1. The van der Waals surface area contributed by atoms with Gasteiger partial charge in [-0.1, -0.05) is 5.21 Å². The van der Waals surface area contributed by atoms with Crippen LogP contribution in [-0.2, 0) is 4.79 Å². The lowest BCUT2D eigenvalue weighted by Gasteiger charge is -2.56. The Balaban J connectivity index is 1.40. The fourth-order valence-corrected chi connectivity index (χ4v) is 5.56. The minimum Gasteiger partial charge on any atom is -0.346 e. The third-order valence-electron chi connectivity index (χ3n) is 5.83. The lowest BCUT2D eigenvalue weighted by atomic mass is 9.49. The highest BCUT2D eigenvalue weighted by molar-refractivity contribution is 5.77. The Hall–Kier alpha value is -1.46. The van der Waals surface area contributed by atoms with Crippen molar-refractivity contribution < 1.29 is 4.79 Å². The predicted octanol–water partition coefficient (Wildman–Crippen LogP) is 1.98. The van der Waals surface area contributed by atoms with Crippen LogP contribution in [0.15, 0.2) is 0 Å². The van der Waals surface area contributed by atoms with E-state index >= 15 is 0 Å². The smallest absolute Gasteiger partial charge is 0.221 e. The van der Waals surface area contributed by atoms with Gasteiger partial charge in [0.25, 0.3) is 0 Å². The Kier molecular flexibility index (Phi) is 3.01. The van der Waals surface area contributed by atoms with Gasteiger partial charge in [0.15, 0.2) is 5.82 Å². The molecule has 0 unspecified atom stereocenters. The van der Waals surface area contributed by atoms with Crippen molar-refractivity contribution in [1.29, 1.82) is 0 Å². The molecule has 1 amide bonds. The molecule has 6 heteroatoms. The van der Waals surface area contributed by atoms with Crippen LogP contribution >= 0.6 is 0 Å². The van der Waals surface area contributed by atoms with E-state index in [0.29, 0.717) is 12.2 Å². The first-order chi connectivity index (χ1) is 10.1. The van der Waals surface area contributed by atoms with E-state index in [-0.39, 0.29) is 17.4 Å². The first-order valence-corrected chi connectivity index (χ1v) is 8.15. The number of hydrogen-bond acceptors (Lipinski definition) is 4. The van der Waals surface area contributed by atoms with Crippen LogP contribution in [0, 0.1) is 23.2 Å². The van der Waals surface area contributed by atoms with Crippen LogP contribution in [0.2, 0.25) is 0 Å². The summed E-state index contributed by atoms with van der Waals surface area (Å²) in [4.78, 5) is 12.4. The summed E-state index contributed by atoms with van der Waals surface area (Å²) >= 11 is 0. The van der Waals surface area contributed by atoms with Gasteiger partial charge in [-0.25, -0.2) is 0 Å². The molecule has 1 atom stereocenters. The number of tetrazole rings is 1. The second-order valence-corrected chi connectivity index (χ2v) is 7.65. The van der Waals surface area contributed by atoms with Crippen molar-refractivity contribution in [1.82, 2.24) is 25.9 Å². The largest absolute Gasteiger partial charge is 0.346 e. The second-order valence-electron chi connectivity index (χ2n) is 7.65. The van der Waals surface area contributed by atoms with Gasteiger partial charge in [-0.2, -0.15) is 5.21 Å². The van der Waals surface area contributed by atoms with Crippen molar-refractivity contribution in [3.63, 3.8) is 0 Å². The van der Waals surface area contributed by atoms with E-state index in [9.17, 15) is 4.79 Å². The van der Waals surface area contributed by atoms with Gasteiger partial charge in [0, 0.05) is 6.42 Å². The number of H-pyrrole nitrogens is 1. The van der Waals surface area contributed by atoms with Crippen molar-refractivity contribution in [2.45, 2.75) is 57.9 Å². The molecule has 0 saturated heterocycles. The molecule has 1 heterocycles. The Morgan fingerprint density at radius 3 is 2.43 bits per heavy atom. The zero-order valence-electron chi connectivity index (χ0n) is 12.5. The number of aromatic amines is 1. The molecule has 0 aromatic carbocycles. The van der Waals surface area contributed by atoms with Crippen LogP contribution < -0.4 is 5.32 Å². The van der Waals surface area contributed by atoms with Gasteiger partial charge < -0.3 is 5.32 Å². The van der Waals surface area contributed by atoms with E-state index in [1.807, 2.05) is 6.92 Å². The van der Waals surface area contributed by atoms with E-state index in [0.717, 1.165) is 17.8 Å². The molecular formula is C15H23N5O. The molecule has 4 bridgehead atoms. The molecule has 4 fully saturated rings. The lowest BCUT2D eigenvalue weighted by Crippen LogP contribution is -2.48. The first kappa shape index (κ1) is 13.2. The molecular weight excluding hydrogens is 266 g/mol. The maximum atomic E-state index is 12.4. The Morgan fingerprint density at radius 2 is 1.90 bits per heavy atom. The van der Waals surface area contributed by atoms with Gasteiger partial charge in [-0.05, 0) is 68.6 Å². The fraction of sp³-hybridized carbons (Fsp3) is 0.867. The SMILES string of the molecule is C[C@@H](NC(=O)CC12CC3CC(CC(C3)C1)C2)c1nn[nH]n1. The molecule has 4 saturated carbocycles. The number of hydrogen-bond donors (Lipinski definition) is 2. The van der Waals surface area contributed by atoms with Gasteiger partial charge >= 0.3 is 0 Å². The summed E-state index contributed by atoms with van der Waals surface area (Å²) in [6, 6.07) is -0.176. The molecule has 21 heavy (non-hydrogen) atoms. The van der Waals surface area contributed by atoms with Crippen LogP contribution in [0.1, 0.15) is 63.7 Å². The van der Waals surface area contributed by atoms with Crippen LogP contribution in [0.3, 0.4) is 0 Å². The van der Waals surface area contributed by atoms with Gasteiger partial charge in [0.2, 0.25) is 5.91 Å². The molecule has 0 aliphatic heterocycles. The highest BCUT2D eigenvalue weighted by Crippen LogP contribution is 2.61. The number of amides is 1. The zero-order chi connectivity index (χ0) is 14.4. The van der Waals surface area contributed by atoms with Gasteiger partial charge in [-0.3, -0.25) is 4.79 Å². The Morgan fingerprint density at radius 1 is 1.29 bits per heavy atom. The molecule has 2 N–H and O–H groups in total. The van der Waals surface area contributed by atoms with Gasteiger partial charge in [0.05, 0.1) is 6.04 Å². The summed E-state index contributed by atoms with van der Waals surface area (Å²) in [6.45, 7) is 1.91. The summed E-state index contributed by atoms with van der Waals surface area (Å²) < 4.78 is 0. The molecule has 0 spiro atoms. The van der Waals surface area contributed by atoms with Gasteiger partial charge in [-0.15, -0.1) is 10.2 Å². The minimum atomic E-state index is -0.176. The third kappa shape index (κ3) is 2.45. The summed E-state index contributed by atoms with van der Waals surface area (Å²) in [7, 11) is 0. The maximum Gasteiger partial charge on any atom is 0.221 e. The highest BCUT2D eigenvalue weighted by Gasteiger charge is 2.51. The van der Waals surface area contributed by atoms with Crippen molar-refractivity contribution in [3.05, 3.63) is 5.82 Å². The molecule has 1 aromatic heterocycles. The summed E-state index contributed by atoms with van der Waals surface area (Å²) in [5, 5.41) is 16.9. The fourth-order valence-electron chi connectivity index (χ4n) is 5.56. The second kappa shape index (κ2) is 4.78. The van der Waals surface area contributed by atoms with Gasteiger partial charge in [0.1, 0.15) is 0 Å². The molecule has 114 valence electrons. The van der Waals surface area contributed by atoms with Crippen LogP contribution in [0.25, 0.3) is 0 Å². The molecule has 5 rings (SSSR count). The monoisotopic (exact) mass is 289 g/mol.